The van der Waals surface area contributed by atoms with Gasteiger partial charge < -0.3 is 10.2 Å². The molecule has 1 atom stereocenters. The summed E-state index contributed by atoms with van der Waals surface area (Å²) in [7, 11) is 4.15. The topological polar surface area (TPSA) is 15.3 Å². The van der Waals surface area contributed by atoms with Crippen LogP contribution in [0, 0.1) is 0 Å². The Balaban J connectivity index is 2.23. The Hall–Kier alpha value is -1.03. The van der Waals surface area contributed by atoms with Crippen LogP contribution in [0.3, 0.4) is 0 Å². The summed E-state index contributed by atoms with van der Waals surface area (Å²) in [5, 5.41) is 3.39. The molecule has 0 bridgehead atoms. The first kappa shape index (κ1) is 15.4. The highest BCUT2D eigenvalue weighted by atomic mass is 35.5. The van der Waals surface area contributed by atoms with E-state index < -0.39 is 0 Å². The number of hydrogen-bond donors (Lipinski definition) is 1. The molecule has 0 spiro atoms. The van der Waals surface area contributed by atoms with E-state index in [0.717, 1.165) is 17.3 Å². The van der Waals surface area contributed by atoms with Crippen molar-refractivity contribution in [1.82, 2.24) is 5.32 Å². The lowest BCUT2D eigenvalue weighted by Crippen LogP contribution is -2.22. The molecule has 0 aliphatic carbocycles. The van der Waals surface area contributed by atoms with E-state index in [0.29, 0.717) is 6.04 Å². The normalized spacial score (nSPS) is 12.4. The quantitative estimate of drug-likeness (QED) is 0.831. The van der Waals surface area contributed by atoms with E-state index in [4.69, 9.17) is 11.6 Å². The van der Waals surface area contributed by atoms with Crippen molar-refractivity contribution in [1.29, 1.82) is 0 Å². The van der Waals surface area contributed by atoms with Crippen LogP contribution in [0.25, 0.3) is 0 Å². The molecule has 0 aliphatic heterocycles. The molecule has 0 saturated heterocycles. The molecule has 0 radical (unpaired) electrons. The van der Waals surface area contributed by atoms with Gasteiger partial charge in [-0.25, -0.2) is 0 Å². The fraction of sp³-hybridized carbons (Fsp3) is 0.375. The minimum Gasteiger partial charge on any atom is -0.369 e. The molecular weight excluding hydrogens is 288 g/mol. The summed E-state index contributed by atoms with van der Waals surface area (Å²) >= 11 is 7.65. The monoisotopic (exact) mass is 308 g/mol. The average Bonchev–Trinajstić information content (AvgIpc) is 2.86. The zero-order valence-electron chi connectivity index (χ0n) is 12.2. The molecule has 4 heteroatoms. The first-order valence-corrected chi connectivity index (χ1v) is 8.06. The van der Waals surface area contributed by atoms with Crippen molar-refractivity contribution in [3.05, 3.63) is 51.2 Å². The number of para-hydroxylation sites is 1. The molecule has 20 heavy (non-hydrogen) atoms. The second-order valence-corrected chi connectivity index (χ2v) is 6.67. The molecule has 1 aromatic carbocycles. The van der Waals surface area contributed by atoms with Crippen molar-refractivity contribution in [3.8, 4) is 0 Å². The van der Waals surface area contributed by atoms with Crippen molar-refractivity contribution in [2.24, 2.45) is 0 Å². The number of nitrogens with zero attached hydrogens (tertiary/aromatic N) is 1. The largest absolute Gasteiger partial charge is 0.369 e. The predicted octanol–water partition coefficient (Wildman–Crippen LogP) is 4.71. The summed E-state index contributed by atoms with van der Waals surface area (Å²) in [4.78, 5) is 3.57. The lowest BCUT2D eigenvalue weighted by molar-refractivity contribution is 0.576. The molecule has 1 unspecified atom stereocenters. The van der Waals surface area contributed by atoms with Gasteiger partial charge in [-0.05, 0) is 37.2 Å². The molecule has 0 amide bonds. The summed E-state index contributed by atoms with van der Waals surface area (Å²) in [5.74, 6) is 0. The van der Waals surface area contributed by atoms with Crippen LogP contribution in [0.15, 0.2) is 36.4 Å². The van der Waals surface area contributed by atoms with Gasteiger partial charge in [0.15, 0.2) is 0 Å². The van der Waals surface area contributed by atoms with E-state index in [9.17, 15) is 0 Å². The third-order valence-electron chi connectivity index (χ3n) is 3.50. The van der Waals surface area contributed by atoms with E-state index in [1.54, 1.807) is 11.3 Å². The predicted molar refractivity (Wildman–Crippen MR) is 90.0 cm³/mol. The molecule has 0 fully saturated rings. The van der Waals surface area contributed by atoms with E-state index in [1.165, 1.54) is 16.1 Å². The molecule has 0 aliphatic rings. The third-order valence-corrected chi connectivity index (χ3v) is 4.72. The van der Waals surface area contributed by atoms with Gasteiger partial charge in [0.1, 0.15) is 0 Å². The Kier molecular flexibility index (Phi) is 5.46. The van der Waals surface area contributed by atoms with Crippen LogP contribution >= 0.6 is 22.9 Å². The second kappa shape index (κ2) is 7.11. The van der Waals surface area contributed by atoms with Crippen molar-refractivity contribution in [3.63, 3.8) is 0 Å². The van der Waals surface area contributed by atoms with E-state index in [-0.39, 0.29) is 0 Å². The Bertz CT molecular complexity index is 549. The molecule has 1 N–H and O–H groups in total. The van der Waals surface area contributed by atoms with E-state index in [2.05, 4.69) is 54.5 Å². The fourth-order valence-corrected chi connectivity index (χ4v) is 3.61. The highest BCUT2D eigenvalue weighted by Crippen LogP contribution is 2.30. The van der Waals surface area contributed by atoms with E-state index in [1.807, 2.05) is 13.1 Å². The van der Waals surface area contributed by atoms with Gasteiger partial charge in [0.25, 0.3) is 0 Å². The Morgan fingerprint density at radius 3 is 2.60 bits per heavy atom. The summed E-state index contributed by atoms with van der Waals surface area (Å²) in [6, 6.07) is 13.0. The minimum atomic E-state index is 0.389. The molecule has 1 heterocycles. The Morgan fingerprint density at radius 2 is 2.00 bits per heavy atom. The fourth-order valence-electron chi connectivity index (χ4n) is 2.47. The van der Waals surface area contributed by atoms with Gasteiger partial charge in [0.05, 0.1) is 10.9 Å². The van der Waals surface area contributed by atoms with Crippen LogP contribution in [0.5, 0.6) is 0 Å². The first-order chi connectivity index (χ1) is 9.65. The van der Waals surface area contributed by atoms with Crippen LogP contribution in [0.2, 0.25) is 4.34 Å². The number of nitrogens with one attached hydrogen (secondary N) is 1. The number of benzene rings is 1. The Labute approximate surface area is 130 Å². The highest BCUT2D eigenvalue weighted by molar-refractivity contribution is 7.16. The van der Waals surface area contributed by atoms with Gasteiger partial charge in [-0.3, -0.25) is 0 Å². The maximum Gasteiger partial charge on any atom is 0.0931 e. The molecule has 2 aromatic rings. The zero-order chi connectivity index (χ0) is 14.5. The van der Waals surface area contributed by atoms with Crippen LogP contribution in [-0.2, 0) is 6.54 Å². The van der Waals surface area contributed by atoms with Gasteiger partial charge in [-0.15, -0.1) is 11.3 Å². The van der Waals surface area contributed by atoms with Crippen LogP contribution in [-0.4, -0.2) is 14.1 Å². The molecule has 0 saturated carbocycles. The van der Waals surface area contributed by atoms with Gasteiger partial charge in [0, 0.05) is 23.7 Å². The van der Waals surface area contributed by atoms with Crippen molar-refractivity contribution < 1.29 is 0 Å². The Morgan fingerprint density at radius 1 is 1.25 bits per heavy atom. The van der Waals surface area contributed by atoms with Crippen LogP contribution < -0.4 is 10.2 Å². The van der Waals surface area contributed by atoms with Gasteiger partial charge >= 0.3 is 0 Å². The second-order valence-electron chi connectivity index (χ2n) is 4.87. The smallest absolute Gasteiger partial charge is 0.0931 e. The molecule has 2 rings (SSSR count). The van der Waals surface area contributed by atoms with Gasteiger partial charge in [-0.2, -0.15) is 0 Å². The molecule has 1 aromatic heterocycles. The lowest BCUT2D eigenvalue weighted by Gasteiger charge is -2.25. The maximum absolute atomic E-state index is 6.01. The summed E-state index contributed by atoms with van der Waals surface area (Å²) in [6.07, 6.45) is 1.08. The number of thiophene rings is 1. The molecule has 2 nitrogen and oxygen atoms in total. The average molecular weight is 309 g/mol. The SMILES string of the molecule is CCC(NC)c1ccccc1N(C)Cc1ccc(Cl)s1. The minimum absolute atomic E-state index is 0.389. The molecular formula is C16H21ClN2S. The summed E-state index contributed by atoms with van der Waals surface area (Å²) in [5.41, 5.74) is 2.63. The standard InChI is InChI=1S/C16H21ClN2S/c1-4-14(18-2)13-7-5-6-8-15(13)19(3)11-12-9-10-16(17)20-12/h5-10,14,18H,4,11H2,1-3H3. The van der Waals surface area contributed by atoms with E-state index >= 15 is 0 Å². The van der Waals surface area contributed by atoms with Gasteiger partial charge in [0.2, 0.25) is 0 Å². The number of hydrogen-bond acceptors (Lipinski definition) is 3. The third kappa shape index (κ3) is 3.54. The number of halogens is 1. The van der Waals surface area contributed by atoms with Crippen LogP contribution in [0.1, 0.15) is 29.8 Å². The lowest BCUT2D eigenvalue weighted by atomic mass is 10.0. The van der Waals surface area contributed by atoms with Crippen molar-refractivity contribution >= 4 is 28.6 Å². The van der Waals surface area contributed by atoms with Crippen molar-refractivity contribution in [2.45, 2.75) is 25.9 Å². The molecule has 108 valence electrons. The highest BCUT2D eigenvalue weighted by Gasteiger charge is 2.14. The van der Waals surface area contributed by atoms with Gasteiger partial charge in [-0.1, -0.05) is 36.7 Å². The van der Waals surface area contributed by atoms with Crippen LogP contribution in [0.4, 0.5) is 5.69 Å². The maximum atomic E-state index is 6.01. The summed E-state index contributed by atoms with van der Waals surface area (Å²) in [6.45, 7) is 3.09. The summed E-state index contributed by atoms with van der Waals surface area (Å²) < 4.78 is 0.850. The number of anilines is 1. The number of rotatable bonds is 6. The zero-order valence-corrected chi connectivity index (χ0v) is 13.8. The van der Waals surface area contributed by atoms with Crippen molar-refractivity contribution in [2.75, 3.05) is 19.0 Å². The first-order valence-electron chi connectivity index (χ1n) is 6.87.